The number of azo groups is 1. The predicted molar refractivity (Wildman–Crippen MR) is 82.0 cm³/mol. The van der Waals surface area contributed by atoms with Crippen molar-refractivity contribution in [2.24, 2.45) is 10.2 Å². The Morgan fingerprint density at radius 3 is 2.32 bits per heavy atom. The Morgan fingerprint density at radius 2 is 1.68 bits per heavy atom. The number of nitrogens with zero attached hydrogens (tertiary/aromatic N) is 3. The molecule has 9 heteroatoms. The number of benzene rings is 2. The van der Waals surface area contributed by atoms with E-state index in [0.717, 1.165) is 16.8 Å². The van der Waals surface area contributed by atoms with Gasteiger partial charge in [0.2, 0.25) is 0 Å². The van der Waals surface area contributed by atoms with Gasteiger partial charge in [-0.25, -0.2) is 9.07 Å². The summed E-state index contributed by atoms with van der Waals surface area (Å²) in [6.45, 7) is 0. The third-order valence-electron chi connectivity index (χ3n) is 3.24. The fraction of sp³-hybridized carbons (Fsp3) is 0.0625. The molecule has 0 saturated heterocycles. The lowest BCUT2D eigenvalue weighted by atomic mass is 10.3. The molecular weight excluding hydrogens is 340 g/mol. The standard InChI is InChI=1S/C16H10F4N4O/c17-10-5-4-6-11(9-10)21-22-13-14(16(18,19)20)23-24(15(13)25)12-7-2-1-3-8-12/h1-9,23H. The number of hydrogen-bond acceptors (Lipinski definition) is 3. The van der Waals surface area contributed by atoms with E-state index in [1.165, 1.54) is 24.3 Å². The minimum atomic E-state index is -4.84. The number of aromatic nitrogens is 2. The Balaban J connectivity index is 2.12. The first-order chi connectivity index (χ1) is 11.9. The highest BCUT2D eigenvalue weighted by molar-refractivity contribution is 5.46. The Bertz CT molecular complexity index is 974. The van der Waals surface area contributed by atoms with Gasteiger partial charge in [0, 0.05) is 6.07 Å². The molecule has 0 aliphatic heterocycles. The third-order valence-corrected chi connectivity index (χ3v) is 3.24. The summed E-state index contributed by atoms with van der Waals surface area (Å²) in [6, 6.07) is 12.5. The number of alkyl halides is 3. The van der Waals surface area contributed by atoms with E-state index < -0.39 is 28.9 Å². The Morgan fingerprint density at radius 1 is 0.960 bits per heavy atom. The van der Waals surface area contributed by atoms with Crippen LogP contribution in [0.4, 0.5) is 28.9 Å². The van der Waals surface area contributed by atoms with Crippen LogP contribution in [0.1, 0.15) is 5.69 Å². The molecule has 25 heavy (non-hydrogen) atoms. The lowest BCUT2D eigenvalue weighted by Gasteiger charge is -2.04. The summed E-state index contributed by atoms with van der Waals surface area (Å²) in [5.74, 6) is -0.622. The number of nitrogens with one attached hydrogen (secondary N) is 1. The number of H-pyrrole nitrogens is 1. The second-order valence-corrected chi connectivity index (χ2v) is 4.99. The first-order valence-corrected chi connectivity index (χ1v) is 7.01. The van der Waals surface area contributed by atoms with Crippen molar-refractivity contribution in [1.29, 1.82) is 0 Å². The normalized spacial score (nSPS) is 12.0. The molecule has 0 amide bonds. The monoisotopic (exact) mass is 350 g/mol. The number of rotatable bonds is 3. The van der Waals surface area contributed by atoms with Crippen molar-refractivity contribution in [1.82, 2.24) is 9.78 Å². The van der Waals surface area contributed by atoms with Crippen molar-refractivity contribution in [2.75, 3.05) is 0 Å². The molecule has 1 heterocycles. The summed E-state index contributed by atoms with van der Waals surface area (Å²) in [5, 5.41) is 8.94. The molecule has 0 atom stereocenters. The van der Waals surface area contributed by atoms with Gasteiger partial charge < -0.3 is 0 Å². The summed E-state index contributed by atoms with van der Waals surface area (Å²) in [4.78, 5) is 12.3. The van der Waals surface area contributed by atoms with E-state index in [-0.39, 0.29) is 11.4 Å². The second-order valence-electron chi connectivity index (χ2n) is 4.99. The molecule has 0 spiro atoms. The first-order valence-electron chi connectivity index (χ1n) is 7.01. The maximum absolute atomic E-state index is 13.2. The van der Waals surface area contributed by atoms with Crippen LogP contribution in [0.3, 0.4) is 0 Å². The maximum atomic E-state index is 13.2. The summed E-state index contributed by atoms with van der Waals surface area (Å²) in [7, 11) is 0. The Kier molecular flexibility index (Phi) is 4.22. The lowest BCUT2D eigenvalue weighted by Crippen LogP contribution is -2.13. The van der Waals surface area contributed by atoms with Crippen LogP contribution in [0.2, 0.25) is 0 Å². The van der Waals surface area contributed by atoms with E-state index in [1.54, 1.807) is 18.2 Å². The van der Waals surface area contributed by atoms with Gasteiger partial charge >= 0.3 is 6.18 Å². The molecule has 0 saturated carbocycles. The number of para-hydroxylation sites is 1. The SMILES string of the molecule is O=c1c(N=Nc2cccc(F)c2)c(C(F)(F)F)[nH]n1-c1ccccc1. The maximum Gasteiger partial charge on any atom is 0.435 e. The fourth-order valence-electron chi connectivity index (χ4n) is 2.12. The van der Waals surface area contributed by atoms with E-state index >= 15 is 0 Å². The number of hydrogen-bond donors (Lipinski definition) is 1. The first kappa shape index (κ1) is 16.6. The minimum Gasteiger partial charge on any atom is -0.284 e. The summed E-state index contributed by atoms with van der Waals surface area (Å²) in [5.41, 5.74) is -3.05. The largest absolute Gasteiger partial charge is 0.435 e. The third kappa shape index (κ3) is 3.49. The van der Waals surface area contributed by atoms with E-state index in [4.69, 9.17) is 0 Å². The van der Waals surface area contributed by atoms with Crippen molar-refractivity contribution >= 4 is 11.4 Å². The van der Waals surface area contributed by atoms with Crippen LogP contribution in [0.15, 0.2) is 69.6 Å². The van der Waals surface area contributed by atoms with Gasteiger partial charge in [0.15, 0.2) is 11.4 Å². The zero-order valence-corrected chi connectivity index (χ0v) is 12.5. The summed E-state index contributed by atoms with van der Waals surface area (Å²) >= 11 is 0. The molecule has 1 aromatic heterocycles. The van der Waals surface area contributed by atoms with E-state index in [9.17, 15) is 22.4 Å². The molecule has 128 valence electrons. The highest BCUT2D eigenvalue weighted by Gasteiger charge is 2.38. The van der Waals surface area contributed by atoms with Crippen LogP contribution in [-0.4, -0.2) is 9.78 Å². The van der Waals surface area contributed by atoms with Gasteiger partial charge in [-0.3, -0.25) is 9.89 Å². The van der Waals surface area contributed by atoms with Gasteiger partial charge in [0.1, 0.15) is 5.82 Å². The van der Waals surface area contributed by atoms with Crippen LogP contribution in [0.5, 0.6) is 0 Å². The molecule has 1 N–H and O–H groups in total. The molecule has 0 unspecified atom stereocenters. The molecule has 3 rings (SSSR count). The lowest BCUT2D eigenvalue weighted by molar-refractivity contribution is -0.140. The minimum absolute atomic E-state index is 0.0139. The van der Waals surface area contributed by atoms with Gasteiger partial charge in [0.25, 0.3) is 5.56 Å². The van der Waals surface area contributed by atoms with E-state index in [0.29, 0.717) is 0 Å². The molecule has 0 aliphatic carbocycles. The van der Waals surface area contributed by atoms with Crippen LogP contribution in [0.25, 0.3) is 5.69 Å². The quantitative estimate of drug-likeness (QED) is 0.538. The topological polar surface area (TPSA) is 62.5 Å². The van der Waals surface area contributed by atoms with Crippen LogP contribution >= 0.6 is 0 Å². The fourth-order valence-corrected chi connectivity index (χ4v) is 2.12. The zero-order valence-electron chi connectivity index (χ0n) is 12.5. The van der Waals surface area contributed by atoms with Crippen molar-refractivity contribution in [3.05, 3.63) is 76.5 Å². The van der Waals surface area contributed by atoms with Crippen LogP contribution < -0.4 is 5.56 Å². The summed E-state index contributed by atoms with van der Waals surface area (Å²) < 4.78 is 53.4. The van der Waals surface area contributed by atoms with Crippen molar-refractivity contribution in [3.8, 4) is 5.69 Å². The summed E-state index contributed by atoms with van der Waals surface area (Å²) in [6.07, 6.45) is -4.84. The van der Waals surface area contributed by atoms with Crippen molar-refractivity contribution in [2.45, 2.75) is 6.18 Å². The van der Waals surface area contributed by atoms with Gasteiger partial charge in [-0.1, -0.05) is 24.3 Å². The predicted octanol–water partition coefficient (Wildman–Crippen LogP) is 4.74. The molecule has 0 aliphatic rings. The van der Waals surface area contributed by atoms with Gasteiger partial charge in [-0.05, 0) is 24.3 Å². The molecule has 0 bridgehead atoms. The molecule has 2 aromatic carbocycles. The molecule has 0 fully saturated rings. The average molecular weight is 350 g/mol. The molecule has 3 aromatic rings. The van der Waals surface area contributed by atoms with Crippen molar-refractivity contribution in [3.63, 3.8) is 0 Å². The van der Waals surface area contributed by atoms with Gasteiger partial charge in [0.05, 0.1) is 11.4 Å². The molecule has 0 radical (unpaired) electrons. The highest BCUT2D eigenvalue weighted by Crippen LogP contribution is 2.34. The molecular formula is C16H10F4N4O. The average Bonchev–Trinajstić information content (AvgIpc) is 2.91. The van der Waals surface area contributed by atoms with Crippen LogP contribution in [0, 0.1) is 5.82 Å². The van der Waals surface area contributed by atoms with E-state index in [1.807, 2.05) is 5.10 Å². The number of aromatic amines is 1. The smallest absolute Gasteiger partial charge is 0.284 e. The van der Waals surface area contributed by atoms with Crippen LogP contribution in [-0.2, 0) is 6.18 Å². The van der Waals surface area contributed by atoms with Crippen molar-refractivity contribution < 1.29 is 17.6 Å². The highest BCUT2D eigenvalue weighted by atomic mass is 19.4. The van der Waals surface area contributed by atoms with Gasteiger partial charge in [-0.15, -0.1) is 5.11 Å². The zero-order chi connectivity index (χ0) is 18.0. The Labute approximate surface area is 138 Å². The Hall–Kier alpha value is -3.23. The second kappa shape index (κ2) is 6.34. The molecule has 5 nitrogen and oxygen atoms in total. The number of halogens is 4. The van der Waals surface area contributed by atoms with Gasteiger partial charge in [-0.2, -0.15) is 18.3 Å². The van der Waals surface area contributed by atoms with E-state index in [2.05, 4.69) is 10.2 Å².